The zero-order chi connectivity index (χ0) is 16.5. The highest BCUT2D eigenvalue weighted by Crippen LogP contribution is 2.30. The Morgan fingerprint density at radius 1 is 1.56 bits per heavy atom. The Morgan fingerprint density at radius 2 is 2.22 bits per heavy atom. The summed E-state index contributed by atoms with van der Waals surface area (Å²) < 4.78 is 36.8. The van der Waals surface area contributed by atoms with E-state index in [0.717, 1.165) is 0 Å². The molecule has 0 aliphatic carbocycles. The zero-order valence-electron chi connectivity index (χ0n) is 14.8. The number of carbonyl (C=O) groups excluding carboxylic acids is 1. The molecule has 1 heterocycles. The van der Waals surface area contributed by atoms with Gasteiger partial charge < -0.3 is 14.2 Å². The number of hydrogen-bond acceptors (Lipinski definition) is 4. The molecule has 0 aromatic heterocycles. The van der Waals surface area contributed by atoms with Crippen molar-refractivity contribution in [3.05, 3.63) is 0 Å². The third-order valence-electron chi connectivity index (χ3n) is 2.72. The number of amides is 1. The van der Waals surface area contributed by atoms with Gasteiger partial charge in [-0.05, 0) is 41.0 Å². The number of hydrogen-bond donors (Lipinski definition) is 0. The normalized spacial score (nSPS) is 26.4. The van der Waals surface area contributed by atoms with Crippen molar-refractivity contribution in [2.75, 3.05) is 20.3 Å². The van der Waals surface area contributed by atoms with Crippen LogP contribution in [0.1, 0.15) is 45.2 Å². The van der Waals surface area contributed by atoms with E-state index >= 15 is 0 Å². The van der Waals surface area contributed by atoms with Crippen LogP contribution in [0.2, 0.25) is 0 Å². The van der Waals surface area contributed by atoms with E-state index in [-0.39, 0.29) is 12.6 Å². The molecule has 1 rings (SSSR count). The van der Waals surface area contributed by atoms with Crippen molar-refractivity contribution in [2.24, 2.45) is 0 Å². The molecule has 1 aliphatic rings. The molecule has 1 amide bonds. The summed E-state index contributed by atoms with van der Waals surface area (Å²) in [6.45, 7) is 9.30. The molecule has 0 radical (unpaired) electrons. The smallest absolute Gasteiger partial charge is 0.412 e. The molecular weight excluding hydrogens is 234 g/mol. The van der Waals surface area contributed by atoms with E-state index in [1.807, 2.05) is 0 Å². The molecule has 0 N–H and O–H groups in total. The highest BCUT2D eigenvalue weighted by molar-refractivity contribution is 5.69. The number of ether oxygens (including phenoxy) is 3. The maximum atomic E-state index is 12.3. The standard InChI is InChI=1S/C13H25NO4/c1-12(2,3)18-11(15)14-10(7-8-16-6)9-17-13(14,4)5/h10H,7-9H2,1-6H3/t10-/m0/s1/i6D3. The first-order valence-corrected chi connectivity index (χ1v) is 6.12. The van der Waals surface area contributed by atoms with Crippen LogP contribution in [-0.4, -0.2) is 48.6 Å². The predicted octanol–water partition coefficient (Wildman–Crippen LogP) is 2.39. The van der Waals surface area contributed by atoms with E-state index in [9.17, 15) is 4.79 Å². The van der Waals surface area contributed by atoms with Crippen LogP contribution in [0, 0.1) is 0 Å². The van der Waals surface area contributed by atoms with Crippen LogP contribution < -0.4 is 0 Å². The van der Waals surface area contributed by atoms with Crippen LogP contribution in [0.4, 0.5) is 4.79 Å². The predicted molar refractivity (Wildman–Crippen MR) is 68.4 cm³/mol. The minimum Gasteiger partial charge on any atom is -0.444 e. The van der Waals surface area contributed by atoms with Gasteiger partial charge in [0.25, 0.3) is 0 Å². The number of rotatable bonds is 3. The lowest BCUT2D eigenvalue weighted by Crippen LogP contribution is -2.50. The van der Waals surface area contributed by atoms with Crippen LogP contribution >= 0.6 is 0 Å². The molecule has 1 aliphatic heterocycles. The average molecular weight is 262 g/mol. The lowest BCUT2D eigenvalue weighted by atomic mass is 10.1. The Labute approximate surface area is 114 Å². The fourth-order valence-electron chi connectivity index (χ4n) is 1.97. The van der Waals surface area contributed by atoms with Gasteiger partial charge in [-0.25, -0.2) is 4.79 Å². The van der Waals surface area contributed by atoms with Crippen LogP contribution in [0.5, 0.6) is 0 Å². The Kier molecular flexibility index (Phi) is 3.34. The van der Waals surface area contributed by atoms with E-state index in [2.05, 4.69) is 0 Å². The maximum Gasteiger partial charge on any atom is 0.412 e. The monoisotopic (exact) mass is 262 g/mol. The number of methoxy groups -OCH3 is 1. The highest BCUT2D eigenvalue weighted by atomic mass is 16.6. The number of nitrogens with zero attached hydrogens (tertiary/aromatic N) is 1. The second kappa shape index (κ2) is 5.45. The van der Waals surface area contributed by atoms with Gasteiger partial charge in [0.15, 0.2) is 0 Å². The summed E-state index contributed by atoms with van der Waals surface area (Å²) in [4.78, 5) is 13.8. The third kappa shape index (κ3) is 3.85. The van der Waals surface area contributed by atoms with Crippen molar-refractivity contribution in [3.63, 3.8) is 0 Å². The summed E-state index contributed by atoms with van der Waals surface area (Å²) in [5, 5.41) is 0. The van der Waals surface area contributed by atoms with Gasteiger partial charge in [0, 0.05) is 13.6 Å². The van der Waals surface area contributed by atoms with Gasteiger partial charge in [-0.2, -0.15) is 0 Å². The molecule has 106 valence electrons. The molecule has 0 aromatic carbocycles. The Hall–Kier alpha value is -0.810. The molecule has 5 nitrogen and oxygen atoms in total. The first-order chi connectivity index (χ1) is 9.32. The van der Waals surface area contributed by atoms with E-state index in [1.165, 1.54) is 4.90 Å². The van der Waals surface area contributed by atoms with Gasteiger partial charge in [-0.15, -0.1) is 0 Å². The summed E-state index contributed by atoms with van der Waals surface area (Å²) >= 11 is 0. The molecule has 5 heteroatoms. The van der Waals surface area contributed by atoms with Crippen molar-refractivity contribution in [3.8, 4) is 0 Å². The SMILES string of the molecule is [2H]C([2H])([2H])OCC[C@H]1COC(C)(C)N1C(=O)OC(C)(C)C. The minimum atomic E-state index is -2.42. The first kappa shape index (κ1) is 11.1. The van der Waals surface area contributed by atoms with E-state index < -0.39 is 24.5 Å². The maximum absolute atomic E-state index is 12.3. The van der Waals surface area contributed by atoms with E-state index in [4.69, 9.17) is 18.3 Å². The fraction of sp³-hybridized carbons (Fsp3) is 0.923. The van der Waals surface area contributed by atoms with Gasteiger partial charge in [0.1, 0.15) is 11.3 Å². The van der Waals surface area contributed by atoms with Crippen molar-refractivity contribution in [2.45, 2.75) is 58.4 Å². The van der Waals surface area contributed by atoms with Gasteiger partial charge in [-0.1, -0.05) is 0 Å². The molecule has 0 saturated carbocycles. The van der Waals surface area contributed by atoms with Crippen molar-refractivity contribution in [1.82, 2.24) is 4.90 Å². The second-order valence-corrected chi connectivity index (χ2v) is 5.90. The lowest BCUT2D eigenvalue weighted by Gasteiger charge is -2.35. The molecule has 0 aromatic rings. The van der Waals surface area contributed by atoms with Crippen LogP contribution in [0.3, 0.4) is 0 Å². The van der Waals surface area contributed by atoms with Crippen LogP contribution in [0.15, 0.2) is 0 Å². The molecule has 1 saturated heterocycles. The largest absolute Gasteiger partial charge is 0.444 e. The summed E-state index contributed by atoms with van der Waals surface area (Å²) in [7, 11) is -2.42. The topological polar surface area (TPSA) is 48.0 Å². The van der Waals surface area contributed by atoms with Crippen LogP contribution in [0.25, 0.3) is 0 Å². The van der Waals surface area contributed by atoms with E-state index in [1.54, 1.807) is 34.6 Å². The highest BCUT2D eigenvalue weighted by Gasteiger charge is 2.45. The summed E-state index contributed by atoms with van der Waals surface area (Å²) in [6, 6.07) is -0.266. The summed E-state index contributed by atoms with van der Waals surface area (Å²) in [6.07, 6.45) is -0.0926. The lowest BCUT2D eigenvalue weighted by molar-refractivity contribution is -0.0631. The average Bonchev–Trinajstić information content (AvgIpc) is 2.49. The summed E-state index contributed by atoms with van der Waals surface area (Å²) in [5.74, 6) is 0. The zero-order valence-corrected chi connectivity index (χ0v) is 11.8. The first-order valence-electron chi connectivity index (χ1n) is 7.62. The molecular formula is C13H25NO4. The van der Waals surface area contributed by atoms with Gasteiger partial charge >= 0.3 is 6.09 Å². The van der Waals surface area contributed by atoms with Gasteiger partial charge in [0.2, 0.25) is 0 Å². The van der Waals surface area contributed by atoms with E-state index in [0.29, 0.717) is 13.0 Å². The molecule has 0 spiro atoms. The minimum absolute atomic E-state index is 0.0277. The van der Waals surface area contributed by atoms with Crippen molar-refractivity contribution < 1.29 is 23.1 Å². The molecule has 0 bridgehead atoms. The Bertz CT molecular complexity index is 377. The Morgan fingerprint density at radius 3 is 2.78 bits per heavy atom. The molecule has 1 atom stereocenters. The quantitative estimate of drug-likeness (QED) is 0.783. The molecule has 18 heavy (non-hydrogen) atoms. The fourth-order valence-corrected chi connectivity index (χ4v) is 1.97. The van der Waals surface area contributed by atoms with Gasteiger partial charge in [0.05, 0.1) is 16.8 Å². The third-order valence-corrected chi connectivity index (χ3v) is 2.72. The van der Waals surface area contributed by atoms with Crippen molar-refractivity contribution >= 4 is 6.09 Å². The number of carbonyl (C=O) groups is 1. The Balaban J connectivity index is 2.68. The molecule has 0 unspecified atom stereocenters. The van der Waals surface area contributed by atoms with Crippen LogP contribution in [-0.2, 0) is 14.2 Å². The summed E-state index contributed by atoms with van der Waals surface area (Å²) in [5.41, 5.74) is -1.39. The van der Waals surface area contributed by atoms with Gasteiger partial charge in [-0.3, -0.25) is 4.90 Å². The second-order valence-electron chi connectivity index (χ2n) is 5.90. The molecule has 1 fully saturated rings. The van der Waals surface area contributed by atoms with Crippen molar-refractivity contribution in [1.29, 1.82) is 0 Å².